The summed E-state index contributed by atoms with van der Waals surface area (Å²) in [6.45, 7) is 0.106. The maximum Gasteiger partial charge on any atom is 0.414 e. The van der Waals surface area contributed by atoms with Crippen molar-refractivity contribution in [2.24, 2.45) is 0 Å². The van der Waals surface area contributed by atoms with E-state index in [0.717, 1.165) is 15.8 Å². The van der Waals surface area contributed by atoms with Crippen LogP contribution in [-0.2, 0) is 29.1 Å². The maximum absolute atomic E-state index is 14.3. The number of carbonyl (C=O) groups is 4. The predicted molar refractivity (Wildman–Crippen MR) is 195 cm³/mol. The van der Waals surface area contributed by atoms with Gasteiger partial charge in [-0.05, 0) is 47.0 Å². The number of nitrogens with two attached hydrogens (primary N) is 1. The second-order valence-corrected chi connectivity index (χ2v) is 14.1. The van der Waals surface area contributed by atoms with Gasteiger partial charge in [0.25, 0.3) is 0 Å². The molecule has 2 aliphatic rings. The summed E-state index contributed by atoms with van der Waals surface area (Å²) < 4.78 is 6.24. The summed E-state index contributed by atoms with van der Waals surface area (Å²) in [4.78, 5) is 62.9. The van der Waals surface area contributed by atoms with Crippen LogP contribution in [0.3, 0.4) is 0 Å². The van der Waals surface area contributed by atoms with Gasteiger partial charge in [0, 0.05) is 33.6 Å². The number of anilines is 1. The van der Waals surface area contributed by atoms with Crippen molar-refractivity contribution in [3.8, 4) is 18.1 Å². The van der Waals surface area contributed by atoms with Crippen LogP contribution in [0.2, 0.25) is 10.0 Å². The molecule has 264 valence electrons. The highest BCUT2D eigenvalue weighted by molar-refractivity contribution is 7.22. The number of hydrazine groups is 1. The minimum atomic E-state index is -0.914. The van der Waals surface area contributed by atoms with E-state index < -0.39 is 24.3 Å². The summed E-state index contributed by atoms with van der Waals surface area (Å²) in [6, 6.07) is 16.1. The van der Waals surface area contributed by atoms with Gasteiger partial charge in [-0.2, -0.15) is 5.01 Å². The van der Waals surface area contributed by atoms with Crippen molar-refractivity contribution >= 4 is 73.8 Å². The Hall–Kier alpha value is -5.07. The number of thiazole rings is 1. The van der Waals surface area contributed by atoms with E-state index >= 15 is 0 Å². The third-order valence-electron chi connectivity index (χ3n) is 8.58. The molecule has 0 spiro atoms. The molecule has 0 aliphatic carbocycles. The van der Waals surface area contributed by atoms with Gasteiger partial charge in [-0.25, -0.2) is 19.6 Å². The molecule has 51 heavy (non-hydrogen) atoms. The zero-order valence-corrected chi connectivity index (χ0v) is 30.0. The lowest BCUT2D eigenvalue weighted by molar-refractivity contribution is -0.157. The summed E-state index contributed by atoms with van der Waals surface area (Å²) in [6.07, 6.45) is 4.65. The Bertz CT molecular complexity index is 2030. The van der Waals surface area contributed by atoms with Crippen LogP contribution in [0.5, 0.6) is 5.75 Å². The first-order valence-corrected chi connectivity index (χ1v) is 17.4. The van der Waals surface area contributed by atoms with Gasteiger partial charge in [0.1, 0.15) is 18.0 Å². The Labute approximate surface area is 308 Å². The SMILES string of the molecule is C#CCN(C(=O)NCc1ccc(Cl)c(Cl)c1)N1CC(=O)N2[C@@H](Cc3ccc(OC(=O)N(C)C)cc3)C(=O)N(Cc3cccc4sc(N)nc34)C[C@@H]21. The average Bonchev–Trinajstić information content (AvgIpc) is 3.65. The topological polar surface area (TPSA) is 145 Å². The van der Waals surface area contributed by atoms with Crippen molar-refractivity contribution in [1.82, 2.24) is 35.0 Å². The Kier molecular flexibility index (Phi) is 10.5. The van der Waals surface area contributed by atoms with Gasteiger partial charge in [0.15, 0.2) is 5.13 Å². The third-order valence-corrected chi connectivity index (χ3v) is 10.2. The van der Waals surface area contributed by atoms with Gasteiger partial charge in [-0.3, -0.25) is 9.59 Å². The molecule has 2 saturated heterocycles. The minimum Gasteiger partial charge on any atom is -0.410 e. The number of nitrogen functional groups attached to an aromatic ring is 1. The lowest BCUT2D eigenvalue weighted by atomic mass is 9.99. The normalized spacial score (nSPS) is 17.3. The van der Waals surface area contributed by atoms with Crippen molar-refractivity contribution in [3.05, 3.63) is 87.4 Å². The molecule has 1 aromatic heterocycles. The van der Waals surface area contributed by atoms with Crippen molar-refractivity contribution < 1.29 is 23.9 Å². The number of para-hydroxylation sites is 1. The van der Waals surface area contributed by atoms with E-state index in [1.807, 2.05) is 18.2 Å². The van der Waals surface area contributed by atoms with E-state index in [-0.39, 0.29) is 51.0 Å². The first-order chi connectivity index (χ1) is 24.4. The number of benzene rings is 3. The van der Waals surface area contributed by atoms with Gasteiger partial charge in [0.05, 0.1) is 39.9 Å². The fraction of sp³-hybridized carbons (Fsp3) is 0.286. The number of piperazine rings is 1. The van der Waals surface area contributed by atoms with Crippen LogP contribution in [0.25, 0.3) is 10.2 Å². The summed E-state index contributed by atoms with van der Waals surface area (Å²) in [5, 5.41) is 6.94. The first-order valence-electron chi connectivity index (χ1n) is 15.8. The van der Waals surface area contributed by atoms with Crippen LogP contribution in [0, 0.1) is 12.3 Å². The van der Waals surface area contributed by atoms with Crippen LogP contribution in [0.1, 0.15) is 16.7 Å². The second kappa shape index (κ2) is 15.0. The van der Waals surface area contributed by atoms with E-state index in [0.29, 0.717) is 32.0 Å². The standard InChI is InChI=1S/C35H34Cl2N8O5S/c1-4-14-43(34(48)39-17-22-10-13-25(36)26(37)15-22)44-20-30(46)45-27(16-21-8-11-24(12-9-21)50-35(49)41(2)3)32(47)42(19-29(44)45)18-23-6-5-7-28-31(23)40-33(38)51-28/h1,5-13,15,27,29H,14,16-20H2,2-3H3,(H2,38,40)(H,39,48)/t27-,29+/m0/s1. The molecule has 0 saturated carbocycles. The fourth-order valence-electron chi connectivity index (χ4n) is 6.14. The Balaban J connectivity index is 1.29. The van der Waals surface area contributed by atoms with E-state index in [1.165, 1.54) is 26.1 Å². The number of urea groups is 1. The summed E-state index contributed by atoms with van der Waals surface area (Å²) in [7, 11) is 3.16. The molecule has 13 nitrogen and oxygen atoms in total. The zero-order valence-electron chi connectivity index (χ0n) is 27.7. The number of nitrogens with zero attached hydrogens (tertiary/aromatic N) is 6. The van der Waals surface area contributed by atoms with E-state index in [4.69, 9.17) is 40.1 Å². The number of aromatic nitrogens is 1. The largest absolute Gasteiger partial charge is 0.414 e. The van der Waals surface area contributed by atoms with Crippen molar-refractivity contribution in [2.45, 2.75) is 31.7 Å². The summed E-state index contributed by atoms with van der Waals surface area (Å²) >= 11 is 13.6. The molecule has 2 fully saturated rings. The second-order valence-electron chi connectivity index (χ2n) is 12.2. The Morgan fingerprint density at radius 2 is 1.84 bits per heavy atom. The van der Waals surface area contributed by atoms with Gasteiger partial charge < -0.3 is 30.5 Å². The fourth-order valence-corrected chi connectivity index (χ4v) is 7.24. The van der Waals surface area contributed by atoms with E-state index in [2.05, 4.69) is 16.2 Å². The number of carbonyl (C=O) groups excluding carboxylic acids is 4. The Morgan fingerprint density at radius 1 is 1.10 bits per heavy atom. The van der Waals surface area contributed by atoms with Crippen molar-refractivity contribution in [3.63, 3.8) is 0 Å². The van der Waals surface area contributed by atoms with Crippen LogP contribution in [0.4, 0.5) is 14.7 Å². The number of fused-ring (bicyclic) bond motifs is 2. The Morgan fingerprint density at radius 3 is 2.55 bits per heavy atom. The molecule has 2 aliphatic heterocycles. The number of hydrogen-bond donors (Lipinski definition) is 2. The highest BCUT2D eigenvalue weighted by Crippen LogP contribution is 2.33. The van der Waals surface area contributed by atoms with Gasteiger partial charge in [0.2, 0.25) is 11.8 Å². The molecule has 3 aromatic carbocycles. The molecular weight excluding hydrogens is 715 g/mol. The molecule has 0 bridgehead atoms. The number of amides is 5. The quantitative estimate of drug-likeness (QED) is 0.240. The van der Waals surface area contributed by atoms with E-state index in [9.17, 15) is 19.2 Å². The van der Waals surface area contributed by atoms with Crippen LogP contribution in [-0.4, -0.2) is 99.6 Å². The van der Waals surface area contributed by atoms with E-state index in [1.54, 1.807) is 66.5 Å². The molecule has 3 N–H and O–H groups in total. The van der Waals surface area contributed by atoms with Crippen LogP contribution in [0.15, 0.2) is 60.7 Å². The minimum absolute atomic E-state index is 0.0949. The zero-order chi connectivity index (χ0) is 36.4. The molecule has 16 heteroatoms. The molecule has 0 radical (unpaired) electrons. The average molecular weight is 750 g/mol. The third kappa shape index (κ3) is 7.67. The molecule has 6 rings (SSSR count). The monoisotopic (exact) mass is 748 g/mol. The number of terminal acetylenes is 1. The predicted octanol–water partition coefficient (Wildman–Crippen LogP) is 4.43. The molecule has 4 aromatic rings. The summed E-state index contributed by atoms with van der Waals surface area (Å²) in [5.74, 6) is 2.27. The number of nitrogens with one attached hydrogen (secondary N) is 1. The smallest absolute Gasteiger partial charge is 0.410 e. The first kappa shape index (κ1) is 35.7. The van der Waals surface area contributed by atoms with Gasteiger partial charge >= 0.3 is 12.1 Å². The lowest BCUT2D eigenvalue weighted by Gasteiger charge is -2.46. The molecule has 5 amide bonds. The summed E-state index contributed by atoms with van der Waals surface area (Å²) in [5.41, 5.74) is 8.97. The number of rotatable bonds is 9. The van der Waals surface area contributed by atoms with Crippen molar-refractivity contribution in [1.29, 1.82) is 0 Å². The van der Waals surface area contributed by atoms with Crippen LogP contribution >= 0.6 is 34.5 Å². The van der Waals surface area contributed by atoms with Gasteiger partial charge in [-0.15, -0.1) is 6.42 Å². The number of ether oxygens (including phenoxy) is 1. The molecular formula is C35H34Cl2N8O5S. The van der Waals surface area contributed by atoms with Crippen molar-refractivity contribution in [2.75, 3.05) is 39.5 Å². The molecule has 0 unspecified atom stereocenters. The molecule has 2 atom stereocenters. The maximum atomic E-state index is 14.3. The van der Waals surface area contributed by atoms with Gasteiger partial charge in [-0.1, -0.05) is 70.8 Å². The highest BCUT2D eigenvalue weighted by atomic mass is 35.5. The molecule has 3 heterocycles. The number of hydrogen-bond acceptors (Lipinski definition) is 9. The lowest BCUT2D eigenvalue weighted by Crippen LogP contribution is -2.66. The highest BCUT2D eigenvalue weighted by Gasteiger charge is 2.52. The van der Waals surface area contributed by atoms with Crippen LogP contribution < -0.4 is 15.8 Å². The number of halogens is 2.